The molecule has 0 radical (unpaired) electrons. The third-order valence-corrected chi connectivity index (χ3v) is 7.54. The maximum atomic E-state index is 6.92. The molecule has 0 fully saturated rings. The number of hydrogen-bond acceptors (Lipinski definition) is 5. The Bertz CT molecular complexity index is 1360. The summed E-state index contributed by atoms with van der Waals surface area (Å²) in [6.07, 6.45) is 17.3. The third-order valence-electron chi connectivity index (χ3n) is 7.23. The van der Waals surface area contributed by atoms with Crippen LogP contribution in [0.2, 0.25) is 5.15 Å². The summed E-state index contributed by atoms with van der Waals surface area (Å²) in [6, 6.07) is 4.46. The minimum absolute atomic E-state index is 0.0670. The van der Waals surface area contributed by atoms with Gasteiger partial charge < -0.3 is 15.5 Å². The van der Waals surface area contributed by atoms with E-state index in [-0.39, 0.29) is 5.41 Å². The fourth-order valence-corrected chi connectivity index (χ4v) is 5.55. The molecule has 2 heterocycles. The van der Waals surface area contributed by atoms with Crippen LogP contribution in [0.15, 0.2) is 71.8 Å². The van der Waals surface area contributed by atoms with E-state index < -0.39 is 0 Å². The van der Waals surface area contributed by atoms with Crippen LogP contribution in [-0.4, -0.2) is 41.8 Å². The number of aryl methyl sites for hydroxylation is 2. The molecular weight excluding hydrogens is 478 g/mol. The van der Waals surface area contributed by atoms with Crippen LogP contribution < -0.4 is 5.73 Å². The standard InChI is InChI=1S/C31H38ClN5/c1-7-9-25-26-17-23(22(3)28-19-36(5)20-37(28)6)16-21(2)29(26)35-30(32)27(25)18-31(4)12-10-24(11-13-31)34-15-8-14-33/h8,10-12,14-17,19H,3,7,9,13,18,20,33H2,1-2,4-6H3. The molecule has 1 unspecified atom stereocenters. The Hall–Kier alpha value is -3.31. The number of nitrogens with zero attached hydrogens (tertiary/aromatic N) is 4. The average molecular weight is 516 g/mol. The molecule has 1 atom stereocenters. The van der Waals surface area contributed by atoms with Gasteiger partial charge in [-0.3, -0.25) is 4.99 Å². The molecule has 6 heteroatoms. The molecule has 1 aliphatic heterocycles. The molecule has 0 spiro atoms. The van der Waals surface area contributed by atoms with Gasteiger partial charge in [0.15, 0.2) is 0 Å². The van der Waals surface area contributed by atoms with Gasteiger partial charge in [0.05, 0.1) is 23.6 Å². The Morgan fingerprint density at radius 2 is 2.08 bits per heavy atom. The number of likely N-dealkylation sites (N-methyl/N-ethyl adjacent to an activating group) is 1. The van der Waals surface area contributed by atoms with Crippen LogP contribution in [0.1, 0.15) is 48.9 Å². The van der Waals surface area contributed by atoms with Gasteiger partial charge in [-0.15, -0.1) is 0 Å². The summed E-state index contributed by atoms with van der Waals surface area (Å²) in [5, 5.41) is 1.80. The normalized spacial score (nSPS) is 19.9. The number of pyridine rings is 1. The van der Waals surface area contributed by atoms with E-state index in [0.717, 1.165) is 71.5 Å². The highest BCUT2D eigenvalue weighted by Crippen LogP contribution is 2.40. The highest BCUT2D eigenvalue weighted by atomic mass is 35.5. The van der Waals surface area contributed by atoms with Crippen molar-refractivity contribution in [2.75, 3.05) is 20.8 Å². The van der Waals surface area contributed by atoms with Crippen LogP contribution in [-0.2, 0) is 12.8 Å². The number of aliphatic imine (C=N–C) groups is 1. The smallest absolute Gasteiger partial charge is 0.133 e. The quantitative estimate of drug-likeness (QED) is 0.311. The van der Waals surface area contributed by atoms with Crippen molar-refractivity contribution in [3.63, 3.8) is 0 Å². The van der Waals surface area contributed by atoms with Crippen LogP contribution >= 0.6 is 11.6 Å². The van der Waals surface area contributed by atoms with Gasteiger partial charge in [-0.1, -0.05) is 50.6 Å². The van der Waals surface area contributed by atoms with Crippen molar-refractivity contribution >= 4 is 34.3 Å². The van der Waals surface area contributed by atoms with Gasteiger partial charge in [0, 0.05) is 31.9 Å². The van der Waals surface area contributed by atoms with Crippen LogP contribution in [0.25, 0.3) is 16.5 Å². The first-order valence-corrected chi connectivity index (χ1v) is 13.3. The molecule has 2 aliphatic rings. The van der Waals surface area contributed by atoms with Gasteiger partial charge in [-0.05, 0) is 89.9 Å². The third kappa shape index (κ3) is 5.67. The predicted molar refractivity (Wildman–Crippen MR) is 158 cm³/mol. The molecular formula is C31H38ClN5. The molecule has 194 valence electrons. The fourth-order valence-electron chi connectivity index (χ4n) is 5.29. The number of halogens is 1. The van der Waals surface area contributed by atoms with Crippen molar-refractivity contribution in [1.82, 2.24) is 14.8 Å². The summed E-state index contributed by atoms with van der Waals surface area (Å²) in [7, 11) is 4.19. The Morgan fingerprint density at radius 3 is 2.70 bits per heavy atom. The molecule has 2 N–H and O–H groups in total. The van der Waals surface area contributed by atoms with Crippen LogP contribution in [0, 0.1) is 12.3 Å². The van der Waals surface area contributed by atoms with Crippen molar-refractivity contribution < 1.29 is 0 Å². The van der Waals surface area contributed by atoms with Crippen molar-refractivity contribution in [1.29, 1.82) is 0 Å². The molecule has 0 saturated heterocycles. The Labute approximate surface area is 226 Å². The summed E-state index contributed by atoms with van der Waals surface area (Å²) in [5.74, 6) is 0. The van der Waals surface area contributed by atoms with E-state index in [1.807, 2.05) is 0 Å². The van der Waals surface area contributed by atoms with Gasteiger partial charge in [-0.2, -0.15) is 0 Å². The Morgan fingerprint density at radius 1 is 1.30 bits per heavy atom. The van der Waals surface area contributed by atoms with Crippen LogP contribution in [0.3, 0.4) is 0 Å². The largest absolute Gasteiger partial charge is 0.405 e. The Kier molecular flexibility index (Phi) is 7.93. The zero-order valence-electron chi connectivity index (χ0n) is 22.7. The minimum Gasteiger partial charge on any atom is -0.405 e. The van der Waals surface area contributed by atoms with Crippen molar-refractivity contribution in [2.45, 2.75) is 46.5 Å². The van der Waals surface area contributed by atoms with Gasteiger partial charge in [0.25, 0.3) is 0 Å². The van der Waals surface area contributed by atoms with E-state index in [1.54, 1.807) is 12.3 Å². The first-order chi connectivity index (χ1) is 17.7. The number of fused-ring (bicyclic) bond motifs is 1. The van der Waals surface area contributed by atoms with Crippen molar-refractivity contribution in [3.05, 3.63) is 94.2 Å². The zero-order chi connectivity index (χ0) is 26.7. The Balaban J connectivity index is 1.75. The zero-order valence-corrected chi connectivity index (χ0v) is 23.4. The number of hydrogen-bond donors (Lipinski definition) is 1. The first kappa shape index (κ1) is 26.7. The first-order valence-electron chi connectivity index (χ1n) is 12.9. The molecule has 4 rings (SSSR count). The topological polar surface area (TPSA) is 57.8 Å². The number of aromatic nitrogens is 1. The molecule has 0 saturated carbocycles. The second-order valence-corrected chi connectivity index (χ2v) is 10.9. The summed E-state index contributed by atoms with van der Waals surface area (Å²) >= 11 is 6.92. The van der Waals surface area contributed by atoms with E-state index in [1.165, 1.54) is 17.1 Å². The number of nitrogens with two attached hydrogens (primary N) is 1. The van der Waals surface area contributed by atoms with Crippen molar-refractivity contribution in [3.8, 4) is 0 Å². The molecule has 5 nitrogen and oxygen atoms in total. The van der Waals surface area contributed by atoms with Gasteiger partial charge in [-0.25, -0.2) is 4.98 Å². The number of rotatable bonds is 8. The number of benzene rings is 1. The lowest BCUT2D eigenvalue weighted by molar-refractivity contribution is 0.333. The SMILES string of the molecule is C=C(C1=CN(C)CN1C)c1cc(C)c2nc(Cl)c(CC3(C)C=CC(N=CC=CN)=CC3)c(CCC)c2c1. The lowest BCUT2D eigenvalue weighted by Gasteiger charge is -2.29. The van der Waals surface area contributed by atoms with E-state index in [4.69, 9.17) is 22.3 Å². The molecule has 1 aromatic heterocycles. The van der Waals surface area contributed by atoms with Gasteiger partial charge in [0.2, 0.25) is 0 Å². The molecule has 0 bridgehead atoms. The van der Waals surface area contributed by atoms with E-state index in [2.05, 4.69) is 92.8 Å². The molecule has 1 aliphatic carbocycles. The maximum Gasteiger partial charge on any atom is 0.133 e. The van der Waals surface area contributed by atoms with E-state index in [9.17, 15) is 0 Å². The summed E-state index contributed by atoms with van der Waals surface area (Å²) in [4.78, 5) is 13.8. The second kappa shape index (κ2) is 11.0. The summed E-state index contributed by atoms with van der Waals surface area (Å²) in [6.45, 7) is 12.0. The molecule has 1 aromatic carbocycles. The highest BCUT2D eigenvalue weighted by Gasteiger charge is 2.27. The van der Waals surface area contributed by atoms with E-state index in [0.29, 0.717) is 5.15 Å². The highest BCUT2D eigenvalue weighted by molar-refractivity contribution is 6.30. The molecule has 2 aromatic rings. The fraction of sp³-hybridized carbons (Fsp3) is 0.355. The monoisotopic (exact) mass is 515 g/mol. The van der Waals surface area contributed by atoms with Gasteiger partial charge in [0.1, 0.15) is 5.15 Å². The number of allylic oxidation sites excluding steroid dienone is 5. The van der Waals surface area contributed by atoms with Gasteiger partial charge >= 0.3 is 0 Å². The minimum atomic E-state index is -0.0670. The van der Waals surface area contributed by atoms with Crippen LogP contribution in [0.5, 0.6) is 0 Å². The molecule has 37 heavy (non-hydrogen) atoms. The molecule has 0 amide bonds. The maximum absolute atomic E-state index is 6.92. The summed E-state index contributed by atoms with van der Waals surface area (Å²) in [5.41, 5.74) is 14.1. The summed E-state index contributed by atoms with van der Waals surface area (Å²) < 4.78 is 0. The lowest BCUT2D eigenvalue weighted by atomic mass is 9.76. The van der Waals surface area contributed by atoms with Crippen molar-refractivity contribution in [2.24, 2.45) is 16.1 Å². The predicted octanol–water partition coefficient (Wildman–Crippen LogP) is 6.77. The average Bonchev–Trinajstić information content (AvgIpc) is 3.20. The second-order valence-electron chi connectivity index (χ2n) is 10.5. The van der Waals surface area contributed by atoms with Crippen LogP contribution in [0.4, 0.5) is 0 Å². The van der Waals surface area contributed by atoms with E-state index >= 15 is 0 Å². The lowest BCUT2D eigenvalue weighted by Crippen LogP contribution is -2.20.